The number of halogens is 1. The average Bonchev–Trinajstić information content (AvgIpc) is 2.41. The zero-order valence-electron chi connectivity index (χ0n) is 11.7. The van der Waals surface area contributed by atoms with Gasteiger partial charge in [-0.1, -0.05) is 31.5 Å². The van der Waals surface area contributed by atoms with Gasteiger partial charge in [-0.05, 0) is 55.5 Å². The van der Waals surface area contributed by atoms with Crippen LogP contribution in [0.25, 0.3) is 0 Å². The topological polar surface area (TPSA) is 27.0 Å². The van der Waals surface area contributed by atoms with E-state index in [4.69, 9.17) is 16.9 Å². The van der Waals surface area contributed by atoms with Crippen LogP contribution in [0.3, 0.4) is 0 Å². The number of likely N-dealkylation sites (tertiary alicyclic amines) is 1. The van der Waals surface area contributed by atoms with E-state index >= 15 is 0 Å². The lowest BCUT2D eigenvalue weighted by Gasteiger charge is -2.34. The van der Waals surface area contributed by atoms with Crippen molar-refractivity contribution in [3.63, 3.8) is 0 Å². The number of nitriles is 1. The minimum Gasteiger partial charge on any atom is -0.299 e. The Morgan fingerprint density at radius 2 is 2.05 bits per heavy atom. The lowest BCUT2D eigenvalue weighted by Crippen LogP contribution is -2.34. The first kappa shape index (κ1) is 14.4. The van der Waals surface area contributed by atoms with E-state index in [1.807, 2.05) is 12.1 Å². The molecular weight excluding hydrogens is 256 g/mol. The van der Waals surface area contributed by atoms with Crippen LogP contribution in [0.2, 0.25) is 5.02 Å². The second-order valence-corrected chi connectivity index (χ2v) is 6.18. The molecule has 1 aromatic carbocycles. The monoisotopic (exact) mass is 276 g/mol. The van der Waals surface area contributed by atoms with Gasteiger partial charge in [0.2, 0.25) is 0 Å². The maximum Gasteiger partial charge on any atom is 0.0992 e. The molecule has 0 N–H and O–H groups in total. The summed E-state index contributed by atoms with van der Waals surface area (Å²) in [4.78, 5) is 2.46. The van der Waals surface area contributed by atoms with Crippen molar-refractivity contribution in [2.75, 3.05) is 13.1 Å². The van der Waals surface area contributed by atoms with E-state index in [0.717, 1.165) is 37.0 Å². The Bertz CT molecular complexity index is 468. The number of rotatable bonds is 3. The molecule has 1 fully saturated rings. The van der Waals surface area contributed by atoms with Crippen molar-refractivity contribution in [1.82, 2.24) is 4.90 Å². The van der Waals surface area contributed by atoms with Crippen molar-refractivity contribution >= 4 is 11.6 Å². The highest BCUT2D eigenvalue weighted by atomic mass is 35.5. The van der Waals surface area contributed by atoms with Crippen molar-refractivity contribution < 1.29 is 0 Å². The van der Waals surface area contributed by atoms with Crippen molar-refractivity contribution in [2.24, 2.45) is 11.8 Å². The minimum atomic E-state index is 0.632. The molecule has 0 radical (unpaired) electrons. The van der Waals surface area contributed by atoms with Gasteiger partial charge in [0.15, 0.2) is 0 Å². The SMILES string of the molecule is CC(C)C1CCN(Cc2ccc(C#N)cc2Cl)CC1. The average molecular weight is 277 g/mol. The molecule has 19 heavy (non-hydrogen) atoms. The summed E-state index contributed by atoms with van der Waals surface area (Å²) in [5.74, 6) is 1.66. The molecule has 0 amide bonds. The van der Waals surface area contributed by atoms with E-state index in [-0.39, 0.29) is 0 Å². The molecule has 1 saturated heterocycles. The van der Waals surface area contributed by atoms with Crippen molar-refractivity contribution in [3.8, 4) is 6.07 Å². The van der Waals surface area contributed by atoms with Crippen LogP contribution in [0.1, 0.15) is 37.8 Å². The van der Waals surface area contributed by atoms with Crippen LogP contribution >= 0.6 is 11.6 Å². The van der Waals surface area contributed by atoms with E-state index in [0.29, 0.717) is 10.6 Å². The summed E-state index contributed by atoms with van der Waals surface area (Å²) < 4.78 is 0. The third-order valence-electron chi connectivity index (χ3n) is 4.15. The zero-order valence-corrected chi connectivity index (χ0v) is 12.5. The van der Waals surface area contributed by atoms with Gasteiger partial charge in [0.05, 0.1) is 11.6 Å². The van der Waals surface area contributed by atoms with Gasteiger partial charge < -0.3 is 0 Å². The molecule has 0 atom stereocenters. The van der Waals surface area contributed by atoms with E-state index in [9.17, 15) is 0 Å². The van der Waals surface area contributed by atoms with E-state index < -0.39 is 0 Å². The maximum atomic E-state index is 8.84. The van der Waals surface area contributed by atoms with Gasteiger partial charge in [0, 0.05) is 11.6 Å². The Kier molecular flexibility index (Phi) is 4.85. The zero-order chi connectivity index (χ0) is 13.8. The summed E-state index contributed by atoms with van der Waals surface area (Å²) in [5.41, 5.74) is 1.76. The highest BCUT2D eigenvalue weighted by Crippen LogP contribution is 2.26. The van der Waals surface area contributed by atoms with Crippen LogP contribution in [0.5, 0.6) is 0 Å². The second kappa shape index (κ2) is 6.41. The third kappa shape index (κ3) is 3.72. The summed E-state index contributed by atoms with van der Waals surface area (Å²) in [6.07, 6.45) is 2.57. The molecule has 102 valence electrons. The minimum absolute atomic E-state index is 0.632. The summed E-state index contributed by atoms with van der Waals surface area (Å²) in [7, 11) is 0. The highest BCUT2D eigenvalue weighted by Gasteiger charge is 2.21. The van der Waals surface area contributed by atoms with E-state index in [2.05, 4.69) is 24.8 Å². The smallest absolute Gasteiger partial charge is 0.0992 e. The lowest BCUT2D eigenvalue weighted by atomic mass is 9.86. The molecule has 0 saturated carbocycles. The third-order valence-corrected chi connectivity index (χ3v) is 4.50. The molecule has 0 spiro atoms. The number of benzene rings is 1. The van der Waals surface area contributed by atoms with Crippen LogP contribution in [0.15, 0.2) is 18.2 Å². The van der Waals surface area contributed by atoms with Gasteiger partial charge in [0.25, 0.3) is 0 Å². The Morgan fingerprint density at radius 1 is 1.37 bits per heavy atom. The molecular formula is C16H21ClN2. The van der Waals surface area contributed by atoms with Crippen LogP contribution in [0.4, 0.5) is 0 Å². The standard InChI is InChI=1S/C16H21ClN2/c1-12(2)14-5-7-19(8-6-14)11-15-4-3-13(10-18)9-16(15)17/h3-4,9,12,14H,5-8,11H2,1-2H3. The largest absolute Gasteiger partial charge is 0.299 e. The van der Waals surface area contributed by atoms with Crippen LogP contribution in [-0.4, -0.2) is 18.0 Å². The summed E-state index contributed by atoms with van der Waals surface area (Å²) >= 11 is 6.23. The summed E-state index contributed by atoms with van der Waals surface area (Å²) in [6.45, 7) is 7.84. The quantitative estimate of drug-likeness (QED) is 0.832. The number of nitrogens with zero attached hydrogens (tertiary/aromatic N) is 2. The van der Waals surface area contributed by atoms with Crippen LogP contribution < -0.4 is 0 Å². The van der Waals surface area contributed by atoms with Crippen molar-refractivity contribution in [1.29, 1.82) is 5.26 Å². The molecule has 2 rings (SSSR count). The van der Waals surface area contributed by atoms with Crippen molar-refractivity contribution in [2.45, 2.75) is 33.2 Å². The van der Waals surface area contributed by atoms with Gasteiger partial charge in [-0.25, -0.2) is 0 Å². The van der Waals surface area contributed by atoms with Gasteiger partial charge in [-0.2, -0.15) is 5.26 Å². The summed E-state index contributed by atoms with van der Waals surface area (Å²) in [6, 6.07) is 7.71. The summed E-state index contributed by atoms with van der Waals surface area (Å²) in [5, 5.41) is 9.55. The van der Waals surface area contributed by atoms with E-state index in [1.165, 1.54) is 12.8 Å². The number of hydrogen-bond acceptors (Lipinski definition) is 2. The molecule has 0 bridgehead atoms. The van der Waals surface area contributed by atoms with Gasteiger partial charge in [-0.3, -0.25) is 4.90 Å². The molecule has 0 aliphatic carbocycles. The fourth-order valence-corrected chi connectivity index (χ4v) is 3.00. The Hall–Kier alpha value is -1.04. The first-order valence-corrected chi connectivity index (χ1v) is 7.39. The molecule has 0 aromatic heterocycles. The fraction of sp³-hybridized carbons (Fsp3) is 0.562. The van der Waals surface area contributed by atoms with Gasteiger partial charge in [0.1, 0.15) is 0 Å². The molecule has 1 aromatic rings. The second-order valence-electron chi connectivity index (χ2n) is 5.78. The fourth-order valence-electron chi connectivity index (χ4n) is 2.76. The van der Waals surface area contributed by atoms with Gasteiger partial charge >= 0.3 is 0 Å². The van der Waals surface area contributed by atoms with Crippen LogP contribution in [0, 0.1) is 23.2 Å². The van der Waals surface area contributed by atoms with Crippen LogP contribution in [-0.2, 0) is 6.54 Å². The van der Waals surface area contributed by atoms with Gasteiger partial charge in [-0.15, -0.1) is 0 Å². The molecule has 3 heteroatoms. The first-order chi connectivity index (χ1) is 9.10. The Balaban J connectivity index is 1.94. The normalized spacial score (nSPS) is 17.6. The predicted molar refractivity (Wildman–Crippen MR) is 79.0 cm³/mol. The Morgan fingerprint density at radius 3 is 2.58 bits per heavy atom. The molecule has 1 aliphatic rings. The maximum absolute atomic E-state index is 8.84. The lowest BCUT2D eigenvalue weighted by molar-refractivity contribution is 0.152. The molecule has 1 heterocycles. The predicted octanol–water partition coefficient (Wildman–Crippen LogP) is 4.08. The van der Waals surface area contributed by atoms with E-state index in [1.54, 1.807) is 6.07 Å². The highest BCUT2D eigenvalue weighted by molar-refractivity contribution is 6.31. The molecule has 1 aliphatic heterocycles. The van der Waals surface area contributed by atoms with Crippen molar-refractivity contribution in [3.05, 3.63) is 34.3 Å². The number of hydrogen-bond donors (Lipinski definition) is 0. The first-order valence-electron chi connectivity index (χ1n) is 7.01. The molecule has 0 unspecified atom stereocenters. The Labute approximate surface area is 121 Å². The molecule has 2 nitrogen and oxygen atoms in total. The number of piperidine rings is 1.